The lowest BCUT2D eigenvalue weighted by Gasteiger charge is -2.03. The Hall–Kier alpha value is -1.97. The number of anilines is 1. The van der Waals surface area contributed by atoms with Crippen molar-refractivity contribution in [1.82, 2.24) is 4.98 Å². The van der Waals surface area contributed by atoms with E-state index < -0.39 is 11.6 Å². The lowest BCUT2D eigenvalue weighted by molar-refractivity contribution is 0.622. The highest BCUT2D eigenvalue weighted by atomic mass is 19.1. The molecule has 0 aliphatic carbocycles. The van der Waals surface area contributed by atoms with Crippen molar-refractivity contribution >= 4 is 5.69 Å². The normalized spacial score (nSPS) is 10.3. The molecule has 0 atom stereocenters. The summed E-state index contributed by atoms with van der Waals surface area (Å²) in [5.41, 5.74) is 6.10. The third-order valence-electron chi connectivity index (χ3n) is 1.96. The SMILES string of the molecule is Nc1cnc(-c2cccc(F)c2)c(F)c1. The van der Waals surface area contributed by atoms with Crippen LogP contribution in [0.15, 0.2) is 36.5 Å². The maximum atomic E-state index is 13.4. The highest BCUT2D eigenvalue weighted by molar-refractivity contribution is 5.61. The maximum absolute atomic E-state index is 13.4. The minimum atomic E-state index is -0.555. The summed E-state index contributed by atoms with van der Waals surface area (Å²) < 4.78 is 26.3. The molecule has 0 saturated heterocycles. The summed E-state index contributed by atoms with van der Waals surface area (Å²) in [6.07, 6.45) is 1.34. The Morgan fingerprint density at radius 2 is 1.93 bits per heavy atom. The van der Waals surface area contributed by atoms with Gasteiger partial charge in [-0.15, -0.1) is 0 Å². The van der Waals surface area contributed by atoms with Gasteiger partial charge in [-0.3, -0.25) is 4.98 Å². The summed E-state index contributed by atoms with van der Waals surface area (Å²) in [7, 11) is 0. The summed E-state index contributed by atoms with van der Waals surface area (Å²) in [5.74, 6) is -0.980. The Bertz CT molecular complexity index is 498. The fourth-order valence-electron chi connectivity index (χ4n) is 1.30. The van der Waals surface area contributed by atoms with Crippen LogP contribution in [-0.4, -0.2) is 4.98 Å². The third-order valence-corrected chi connectivity index (χ3v) is 1.96. The zero-order chi connectivity index (χ0) is 10.8. The number of nitrogens with zero attached hydrogens (tertiary/aromatic N) is 1. The van der Waals surface area contributed by atoms with Gasteiger partial charge in [0.15, 0.2) is 5.82 Å². The second-order valence-corrected chi connectivity index (χ2v) is 3.11. The van der Waals surface area contributed by atoms with Crippen molar-refractivity contribution < 1.29 is 8.78 Å². The van der Waals surface area contributed by atoms with E-state index in [2.05, 4.69) is 4.98 Å². The van der Waals surface area contributed by atoms with E-state index in [-0.39, 0.29) is 11.4 Å². The molecule has 1 aromatic carbocycles. The van der Waals surface area contributed by atoms with Crippen LogP contribution < -0.4 is 5.73 Å². The predicted molar refractivity (Wildman–Crippen MR) is 54.0 cm³/mol. The van der Waals surface area contributed by atoms with Gasteiger partial charge in [0.25, 0.3) is 0 Å². The molecule has 1 heterocycles. The number of halogens is 2. The van der Waals surface area contributed by atoms with Crippen molar-refractivity contribution in [2.45, 2.75) is 0 Å². The second kappa shape index (κ2) is 3.65. The van der Waals surface area contributed by atoms with E-state index in [1.165, 1.54) is 24.4 Å². The molecule has 2 N–H and O–H groups in total. The number of rotatable bonds is 1. The number of hydrogen-bond acceptors (Lipinski definition) is 2. The Kier molecular flexibility index (Phi) is 2.33. The monoisotopic (exact) mass is 206 g/mol. The van der Waals surface area contributed by atoms with Gasteiger partial charge in [-0.05, 0) is 12.1 Å². The third kappa shape index (κ3) is 1.93. The molecule has 0 fully saturated rings. The molecule has 76 valence electrons. The Morgan fingerprint density at radius 1 is 1.13 bits per heavy atom. The summed E-state index contributed by atoms with van der Waals surface area (Å²) in [5, 5.41) is 0. The molecular weight excluding hydrogens is 198 g/mol. The minimum Gasteiger partial charge on any atom is -0.397 e. The first-order valence-electron chi connectivity index (χ1n) is 4.34. The van der Waals surface area contributed by atoms with Crippen LogP contribution in [0.4, 0.5) is 14.5 Å². The van der Waals surface area contributed by atoms with Crippen LogP contribution in [0.1, 0.15) is 0 Å². The molecule has 0 aliphatic heterocycles. The number of pyridine rings is 1. The van der Waals surface area contributed by atoms with E-state index in [0.29, 0.717) is 5.56 Å². The largest absolute Gasteiger partial charge is 0.397 e. The van der Waals surface area contributed by atoms with Crippen LogP contribution in [-0.2, 0) is 0 Å². The standard InChI is InChI=1S/C11H8F2N2/c12-8-3-1-2-7(4-8)11-10(13)5-9(14)6-15-11/h1-6H,14H2. The van der Waals surface area contributed by atoms with Gasteiger partial charge in [0.1, 0.15) is 11.5 Å². The van der Waals surface area contributed by atoms with E-state index in [1.807, 2.05) is 0 Å². The summed E-state index contributed by atoms with van der Waals surface area (Å²) >= 11 is 0. The zero-order valence-corrected chi connectivity index (χ0v) is 7.74. The van der Waals surface area contributed by atoms with E-state index >= 15 is 0 Å². The fraction of sp³-hybridized carbons (Fsp3) is 0. The quantitative estimate of drug-likeness (QED) is 0.778. The molecule has 1 aromatic heterocycles. The topological polar surface area (TPSA) is 38.9 Å². The molecule has 2 nitrogen and oxygen atoms in total. The number of nitrogens with two attached hydrogens (primary N) is 1. The van der Waals surface area contributed by atoms with E-state index in [9.17, 15) is 8.78 Å². The van der Waals surface area contributed by atoms with Crippen molar-refractivity contribution in [2.24, 2.45) is 0 Å². The smallest absolute Gasteiger partial charge is 0.151 e. The van der Waals surface area contributed by atoms with Gasteiger partial charge in [-0.2, -0.15) is 0 Å². The summed E-state index contributed by atoms with van der Waals surface area (Å²) in [4.78, 5) is 3.82. The van der Waals surface area contributed by atoms with Gasteiger partial charge in [0.05, 0.1) is 11.9 Å². The van der Waals surface area contributed by atoms with E-state index in [0.717, 1.165) is 6.07 Å². The van der Waals surface area contributed by atoms with Gasteiger partial charge in [-0.25, -0.2) is 8.78 Å². The zero-order valence-electron chi connectivity index (χ0n) is 7.74. The van der Waals surface area contributed by atoms with Crippen LogP contribution in [0.5, 0.6) is 0 Å². The van der Waals surface area contributed by atoms with Gasteiger partial charge in [0.2, 0.25) is 0 Å². The Labute approximate surface area is 85.4 Å². The molecule has 2 rings (SSSR count). The summed E-state index contributed by atoms with van der Waals surface area (Å²) in [6.45, 7) is 0. The molecule has 0 saturated carbocycles. The van der Waals surface area contributed by atoms with E-state index in [4.69, 9.17) is 5.73 Å². The average Bonchev–Trinajstić information content (AvgIpc) is 2.17. The first-order chi connectivity index (χ1) is 7.16. The van der Waals surface area contributed by atoms with Crippen LogP contribution in [0.2, 0.25) is 0 Å². The highest BCUT2D eigenvalue weighted by Crippen LogP contribution is 2.21. The maximum Gasteiger partial charge on any atom is 0.151 e. The van der Waals surface area contributed by atoms with E-state index in [1.54, 1.807) is 6.07 Å². The molecular formula is C11H8F2N2. The first-order valence-corrected chi connectivity index (χ1v) is 4.34. The average molecular weight is 206 g/mol. The van der Waals surface area contributed by atoms with Crippen molar-refractivity contribution in [3.8, 4) is 11.3 Å². The van der Waals surface area contributed by atoms with Gasteiger partial charge in [0, 0.05) is 11.6 Å². The van der Waals surface area contributed by atoms with Crippen LogP contribution in [0.25, 0.3) is 11.3 Å². The highest BCUT2D eigenvalue weighted by Gasteiger charge is 2.07. The number of aromatic nitrogens is 1. The van der Waals surface area contributed by atoms with Crippen LogP contribution in [0, 0.1) is 11.6 Å². The lowest BCUT2D eigenvalue weighted by atomic mass is 10.1. The predicted octanol–water partition coefficient (Wildman–Crippen LogP) is 2.61. The molecule has 0 unspecified atom stereocenters. The minimum absolute atomic E-state index is 0.101. The Balaban J connectivity index is 2.54. The van der Waals surface area contributed by atoms with Gasteiger partial charge < -0.3 is 5.73 Å². The van der Waals surface area contributed by atoms with Crippen LogP contribution >= 0.6 is 0 Å². The summed E-state index contributed by atoms with van der Waals surface area (Å²) in [6, 6.07) is 6.76. The fourth-order valence-corrected chi connectivity index (χ4v) is 1.30. The first kappa shape index (κ1) is 9.58. The van der Waals surface area contributed by atoms with Crippen molar-refractivity contribution in [1.29, 1.82) is 0 Å². The van der Waals surface area contributed by atoms with Gasteiger partial charge >= 0.3 is 0 Å². The number of nitrogen functional groups attached to an aromatic ring is 1. The number of benzene rings is 1. The van der Waals surface area contributed by atoms with Gasteiger partial charge in [-0.1, -0.05) is 12.1 Å². The lowest BCUT2D eigenvalue weighted by Crippen LogP contribution is -1.93. The van der Waals surface area contributed by atoms with Crippen molar-refractivity contribution in [2.75, 3.05) is 5.73 Å². The van der Waals surface area contributed by atoms with Crippen molar-refractivity contribution in [3.63, 3.8) is 0 Å². The van der Waals surface area contributed by atoms with Crippen LogP contribution in [0.3, 0.4) is 0 Å². The second-order valence-electron chi connectivity index (χ2n) is 3.11. The molecule has 0 aliphatic rings. The molecule has 0 radical (unpaired) electrons. The van der Waals surface area contributed by atoms with Crippen molar-refractivity contribution in [3.05, 3.63) is 48.2 Å². The molecule has 0 bridgehead atoms. The number of hydrogen-bond donors (Lipinski definition) is 1. The molecule has 0 spiro atoms. The molecule has 0 amide bonds. The molecule has 15 heavy (non-hydrogen) atoms. The molecule has 4 heteroatoms. The molecule has 2 aromatic rings. The Morgan fingerprint density at radius 3 is 2.60 bits per heavy atom.